The average Bonchev–Trinajstić information content (AvgIpc) is 3.61. The maximum atomic E-state index is 14.7. The molecular formula is C21H25FN7O13P2-. The molecule has 3 aromatic heterocycles. The normalized spacial score (nSPS) is 31.6. The molecule has 5 rings (SSSR count). The molecule has 2 aliphatic heterocycles. The Morgan fingerprint density at radius 2 is 1.73 bits per heavy atom. The topological polar surface area (TPSA) is 304 Å². The number of nitrogens with two attached hydrogens (primary N) is 2. The summed E-state index contributed by atoms with van der Waals surface area (Å²) >= 11 is 0. The monoisotopic (exact) mass is 664 g/mol. The van der Waals surface area contributed by atoms with E-state index in [1.807, 2.05) is 0 Å². The van der Waals surface area contributed by atoms with Crippen LogP contribution in [0.2, 0.25) is 0 Å². The standard InChI is InChI=1S/C21H26FN7O13P2/c22-12-14(30)10(40-20(12)28-3-1-2-9(4-28)18(24)33)5-38-43(34,35)42-44(36,37)39-6-11-15(31)16(32)21(41-11)29-8-27-13-17(23)25-7-26-19(13)29/h1-4,7-8,10-12,14-16,20-21,30-32H,5-6H2,(H5-,23,24,25,26,33,34,35,36,37)/p-1/t10-,11-,12-,14-,15-,16-,20-,21-/m1/s1. The van der Waals surface area contributed by atoms with E-state index < -0.39 is 83.9 Å². The zero-order chi connectivity index (χ0) is 32.0. The molecule has 2 saturated heterocycles. The molecule has 0 saturated carbocycles. The molecule has 5 heterocycles. The van der Waals surface area contributed by atoms with Gasteiger partial charge in [-0.3, -0.25) is 18.5 Å². The minimum absolute atomic E-state index is 0.00308. The van der Waals surface area contributed by atoms with Gasteiger partial charge in [-0.2, -0.15) is 4.57 Å². The van der Waals surface area contributed by atoms with Crippen molar-refractivity contribution in [2.24, 2.45) is 5.73 Å². The SMILES string of the molecule is NC(=O)c1ccc[n+]([C@@H]2O[C@H](COP(=O)([O-])OP(=O)([O-])OC[C@H]3O[C@@H](n4cnc5c(N)ncnc54)[C@H](O)[C@@H]3O)[C@@H](O)[C@H]2F)c1. The molecule has 20 nitrogen and oxygen atoms in total. The number of amides is 1. The first kappa shape index (κ1) is 32.4. The highest BCUT2D eigenvalue weighted by atomic mass is 31.3. The van der Waals surface area contributed by atoms with Crippen LogP contribution >= 0.6 is 15.6 Å². The van der Waals surface area contributed by atoms with Crippen molar-refractivity contribution in [3.8, 4) is 0 Å². The third-order valence-electron chi connectivity index (χ3n) is 6.69. The van der Waals surface area contributed by atoms with Gasteiger partial charge >= 0.3 is 0 Å². The summed E-state index contributed by atoms with van der Waals surface area (Å²) in [5.74, 6) is -0.790. The number of nitrogen functional groups attached to an aromatic ring is 1. The molecule has 0 aliphatic carbocycles. The summed E-state index contributed by atoms with van der Waals surface area (Å²) in [6, 6.07) is 2.71. The van der Waals surface area contributed by atoms with E-state index in [-0.39, 0.29) is 22.5 Å². The van der Waals surface area contributed by atoms with Crippen LogP contribution in [0.4, 0.5) is 10.2 Å². The molecule has 23 heteroatoms. The molecular weight excluding hydrogens is 639 g/mol. The van der Waals surface area contributed by atoms with Crippen molar-refractivity contribution in [1.29, 1.82) is 0 Å². The fourth-order valence-corrected chi connectivity index (χ4v) is 6.55. The van der Waals surface area contributed by atoms with Crippen molar-refractivity contribution in [3.05, 3.63) is 42.7 Å². The number of carbonyl (C=O) groups is 1. The number of phosphoric ester groups is 2. The first-order valence-electron chi connectivity index (χ1n) is 12.5. The smallest absolute Gasteiger partial charge is 0.297 e. The third-order valence-corrected chi connectivity index (χ3v) is 9.22. The van der Waals surface area contributed by atoms with E-state index in [1.54, 1.807) is 0 Å². The zero-order valence-electron chi connectivity index (χ0n) is 22.1. The van der Waals surface area contributed by atoms with Crippen molar-refractivity contribution >= 4 is 38.5 Å². The van der Waals surface area contributed by atoms with Crippen molar-refractivity contribution in [1.82, 2.24) is 19.5 Å². The molecule has 2 unspecified atom stereocenters. The van der Waals surface area contributed by atoms with E-state index in [2.05, 4.69) is 28.3 Å². The largest absolute Gasteiger partial charge is 0.756 e. The molecule has 1 amide bonds. The van der Waals surface area contributed by atoms with Gasteiger partial charge in [-0.05, 0) is 6.07 Å². The van der Waals surface area contributed by atoms with Crippen LogP contribution in [0.15, 0.2) is 37.2 Å². The Morgan fingerprint density at radius 1 is 1.07 bits per heavy atom. The maximum absolute atomic E-state index is 14.7. The van der Waals surface area contributed by atoms with Gasteiger partial charge in [0, 0.05) is 6.07 Å². The van der Waals surface area contributed by atoms with Crippen LogP contribution < -0.4 is 25.8 Å². The second-order valence-electron chi connectivity index (χ2n) is 9.60. The molecule has 10 atom stereocenters. The van der Waals surface area contributed by atoms with Gasteiger partial charge in [0.05, 0.1) is 19.5 Å². The summed E-state index contributed by atoms with van der Waals surface area (Å²) in [7, 11) is -11.4. The number of ether oxygens (including phenoxy) is 2. The Kier molecular flexibility index (Phi) is 9.11. The lowest BCUT2D eigenvalue weighted by molar-refractivity contribution is -0.764. The van der Waals surface area contributed by atoms with Gasteiger partial charge in [0.15, 0.2) is 30.1 Å². The number of hydrogen-bond donors (Lipinski definition) is 5. The number of pyridine rings is 1. The number of nitrogens with zero attached hydrogens (tertiary/aromatic N) is 5. The number of carbonyl (C=O) groups excluding carboxylic acids is 1. The number of phosphoric acid groups is 2. The summed E-state index contributed by atoms with van der Waals surface area (Å²) < 4.78 is 65.4. The Balaban J connectivity index is 1.16. The molecule has 0 spiro atoms. The van der Waals surface area contributed by atoms with Gasteiger partial charge < -0.3 is 55.1 Å². The fraction of sp³-hybridized carbons (Fsp3) is 0.476. The van der Waals surface area contributed by atoms with E-state index >= 15 is 0 Å². The van der Waals surface area contributed by atoms with Gasteiger partial charge in [-0.1, -0.05) is 0 Å². The number of alkyl halides is 1. The number of aliphatic hydroxyl groups excluding tert-OH is 3. The summed E-state index contributed by atoms with van der Waals surface area (Å²) in [6.45, 7) is -2.07. The number of rotatable bonds is 11. The van der Waals surface area contributed by atoms with Crippen LogP contribution in [0.1, 0.15) is 22.8 Å². The van der Waals surface area contributed by atoms with Crippen molar-refractivity contribution in [2.45, 2.75) is 49.1 Å². The minimum atomic E-state index is -5.72. The molecule has 0 radical (unpaired) electrons. The number of aromatic nitrogens is 5. The summed E-state index contributed by atoms with van der Waals surface area (Å²) in [5.41, 5.74) is 11.2. The summed E-state index contributed by atoms with van der Waals surface area (Å²) in [6.07, 6.45) is -8.55. The Hall–Kier alpha value is -3.04. The Bertz CT molecular complexity index is 1630. The van der Waals surface area contributed by atoms with Crippen LogP contribution in [-0.4, -0.2) is 90.7 Å². The van der Waals surface area contributed by atoms with Crippen LogP contribution in [-0.2, 0) is 32.0 Å². The van der Waals surface area contributed by atoms with Gasteiger partial charge in [-0.25, -0.2) is 23.7 Å². The molecule has 2 fully saturated rings. The number of primary amides is 1. The van der Waals surface area contributed by atoms with Gasteiger partial charge in [0.2, 0.25) is 6.17 Å². The lowest BCUT2D eigenvalue weighted by Crippen LogP contribution is -2.45. The molecule has 0 bridgehead atoms. The average molecular weight is 664 g/mol. The number of imidazole rings is 1. The number of halogens is 1. The second kappa shape index (κ2) is 12.4. The fourth-order valence-electron chi connectivity index (χ4n) is 4.53. The molecule has 0 aromatic carbocycles. The van der Waals surface area contributed by atoms with E-state index in [1.165, 1.54) is 29.2 Å². The quantitative estimate of drug-likeness (QED) is 0.0990. The first-order valence-corrected chi connectivity index (χ1v) is 15.4. The molecule has 44 heavy (non-hydrogen) atoms. The van der Waals surface area contributed by atoms with Crippen LogP contribution in [0.3, 0.4) is 0 Å². The second-order valence-corrected chi connectivity index (χ2v) is 12.6. The highest BCUT2D eigenvalue weighted by molar-refractivity contribution is 7.59. The van der Waals surface area contributed by atoms with Crippen LogP contribution in [0, 0.1) is 0 Å². The minimum Gasteiger partial charge on any atom is -0.756 e. The van der Waals surface area contributed by atoms with Crippen molar-refractivity contribution in [2.75, 3.05) is 18.9 Å². The van der Waals surface area contributed by atoms with Crippen LogP contribution in [0.25, 0.3) is 11.2 Å². The number of fused-ring (bicyclic) bond motifs is 1. The van der Waals surface area contributed by atoms with Crippen LogP contribution in [0.5, 0.6) is 0 Å². The summed E-state index contributed by atoms with van der Waals surface area (Å²) in [5, 5.41) is 31.0. The molecule has 240 valence electrons. The first-order chi connectivity index (χ1) is 20.7. The van der Waals surface area contributed by atoms with Gasteiger partial charge in [0.25, 0.3) is 27.8 Å². The molecule has 3 aromatic rings. The van der Waals surface area contributed by atoms with E-state index in [0.29, 0.717) is 0 Å². The number of anilines is 1. The highest BCUT2D eigenvalue weighted by Crippen LogP contribution is 2.56. The van der Waals surface area contributed by atoms with Crippen molar-refractivity contribution < 1.29 is 70.8 Å². The summed E-state index contributed by atoms with van der Waals surface area (Å²) in [4.78, 5) is 47.7. The lowest BCUT2D eigenvalue weighted by Gasteiger charge is -2.31. The zero-order valence-corrected chi connectivity index (χ0v) is 23.9. The molecule has 2 aliphatic rings. The van der Waals surface area contributed by atoms with E-state index in [0.717, 1.165) is 17.1 Å². The van der Waals surface area contributed by atoms with E-state index in [9.17, 15) is 43.4 Å². The Labute approximate surface area is 245 Å². The highest BCUT2D eigenvalue weighted by Gasteiger charge is 2.50. The van der Waals surface area contributed by atoms with Crippen molar-refractivity contribution in [3.63, 3.8) is 0 Å². The third kappa shape index (κ3) is 6.64. The van der Waals surface area contributed by atoms with Gasteiger partial charge in [-0.15, -0.1) is 0 Å². The Morgan fingerprint density at radius 3 is 2.39 bits per heavy atom. The lowest BCUT2D eigenvalue weighted by atomic mass is 10.1. The molecule has 7 N–H and O–H groups in total. The number of hydrogen-bond acceptors (Lipinski definition) is 17. The maximum Gasteiger partial charge on any atom is 0.297 e. The van der Waals surface area contributed by atoms with E-state index in [4.69, 9.17) is 20.9 Å². The number of aliphatic hydroxyl groups is 3. The predicted molar refractivity (Wildman–Crippen MR) is 134 cm³/mol. The predicted octanol–water partition coefficient (Wildman–Crippen LogP) is -3.30. The van der Waals surface area contributed by atoms with Gasteiger partial charge in [0.1, 0.15) is 47.9 Å².